The fourth-order valence-corrected chi connectivity index (χ4v) is 1.72. The minimum Gasteiger partial charge on any atom is -0.393 e. The van der Waals surface area contributed by atoms with Crippen molar-refractivity contribution in [1.29, 1.82) is 0 Å². The number of amides is 1. The van der Waals surface area contributed by atoms with Crippen LogP contribution in [0.4, 0.5) is 0 Å². The van der Waals surface area contributed by atoms with Gasteiger partial charge in [-0.3, -0.25) is 9.78 Å². The third-order valence-electron chi connectivity index (χ3n) is 2.57. The van der Waals surface area contributed by atoms with Gasteiger partial charge >= 0.3 is 0 Å². The Hall–Kier alpha value is -1.42. The maximum absolute atomic E-state index is 11.5. The second-order valence-corrected chi connectivity index (χ2v) is 3.78. The van der Waals surface area contributed by atoms with Crippen molar-refractivity contribution in [2.24, 2.45) is 0 Å². The molecule has 4 heteroatoms. The van der Waals surface area contributed by atoms with Gasteiger partial charge in [-0.1, -0.05) is 6.07 Å². The van der Waals surface area contributed by atoms with E-state index in [1.165, 1.54) is 0 Å². The highest BCUT2D eigenvalue weighted by Crippen LogP contribution is 2.13. The zero-order valence-electron chi connectivity index (χ0n) is 8.47. The number of aliphatic hydroxyl groups is 1. The molecule has 1 aliphatic rings. The second-order valence-electron chi connectivity index (χ2n) is 3.78. The van der Waals surface area contributed by atoms with Crippen LogP contribution < -0.4 is 0 Å². The Labute approximate surface area is 88.6 Å². The van der Waals surface area contributed by atoms with E-state index >= 15 is 0 Å². The second kappa shape index (κ2) is 4.40. The zero-order chi connectivity index (χ0) is 10.7. The number of aliphatic hydroxyl groups excluding tert-OH is 1. The number of piperidine rings is 1. The van der Waals surface area contributed by atoms with E-state index in [1.54, 1.807) is 11.1 Å². The Morgan fingerprint density at radius 3 is 3.07 bits per heavy atom. The lowest BCUT2D eigenvalue weighted by Gasteiger charge is -2.29. The van der Waals surface area contributed by atoms with Gasteiger partial charge in [-0.15, -0.1) is 0 Å². The summed E-state index contributed by atoms with van der Waals surface area (Å²) >= 11 is 0. The third-order valence-corrected chi connectivity index (χ3v) is 2.57. The minimum atomic E-state index is -0.461. The fourth-order valence-electron chi connectivity index (χ4n) is 1.72. The molecular weight excluding hydrogens is 192 g/mol. The summed E-state index contributed by atoms with van der Waals surface area (Å²) in [6.07, 6.45) is 2.17. The van der Waals surface area contributed by atoms with E-state index in [1.807, 2.05) is 18.2 Å². The smallest absolute Gasteiger partial charge is 0.225 e. The predicted octanol–water partition coefficient (Wildman–Crippen LogP) is 0.565. The summed E-state index contributed by atoms with van der Waals surface area (Å²) in [5.74, 6) is 0.0133. The summed E-state index contributed by atoms with van der Waals surface area (Å²) in [6, 6.07) is 5.66. The molecule has 1 aromatic heterocycles. The number of rotatable bonds is 2. The molecule has 80 valence electrons. The fraction of sp³-hybridized carbons (Fsp3) is 0.455. The molecule has 2 rings (SSSR count). The number of nitrogens with zero attached hydrogens (tertiary/aromatic N) is 2. The molecule has 1 amide bonds. The van der Waals surface area contributed by atoms with Crippen molar-refractivity contribution >= 4 is 5.91 Å². The van der Waals surface area contributed by atoms with Gasteiger partial charge in [-0.2, -0.15) is 0 Å². The Bertz CT molecular complexity index is 340. The number of pyridine rings is 1. The molecule has 0 radical (unpaired) electrons. The van der Waals surface area contributed by atoms with Crippen LogP contribution in [0.15, 0.2) is 24.4 Å². The zero-order valence-corrected chi connectivity index (χ0v) is 8.47. The Morgan fingerprint density at radius 2 is 2.40 bits per heavy atom. The van der Waals surface area contributed by atoms with Crippen molar-refractivity contribution in [2.75, 3.05) is 6.54 Å². The average Bonchev–Trinajstić information content (AvgIpc) is 2.24. The van der Waals surface area contributed by atoms with E-state index in [4.69, 9.17) is 0 Å². The Balaban J connectivity index is 1.98. The summed E-state index contributed by atoms with van der Waals surface area (Å²) in [7, 11) is 0. The summed E-state index contributed by atoms with van der Waals surface area (Å²) in [4.78, 5) is 17.5. The van der Waals surface area contributed by atoms with Crippen molar-refractivity contribution < 1.29 is 9.90 Å². The number of carbonyl (C=O) groups excluding carboxylic acids is 1. The van der Waals surface area contributed by atoms with Crippen LogP contribution in [0.1, 0.15) is 18.5 Å². The molecule has 1 unspecified atom stereocenters. The molecule has 0 aliphatic carbocycles. The van der Waals surface area contributed by atoms with E-state index < -0.39 is 6.10 Å². The average molecular weight is 206 g/mol. The van der Waals surface area contributed by atoms with Gasteiger partial charge < -0.3 is 10.0 Å². The van der Waals surface area contributed by atoms with Gasteiger partial charge in [-0.05, 0) is 18.6 Å². The molecule has 2 heterocycles. The molecule has 1 fully saturated rings. The molecule has 1 aromatic rings. The highest BCUT2D eigenvalue weighted by Gasteiger charge is 2.24. The molecular formula is C11H14N2O2. The van der Waals surface area contributed by atoms with Crippen LogP contribution in [0.25, 0.3) is 0 Å². The number of hydrogen-bond acceptors (Lipinski definition) is 3. The first kappa shape index (κ1) is 10.1. The van der Waals surface area contributed by atoms with Gasteiger partial charge in [0.25, 0.3) is 0 Å². The van der Waals surface area contributed by atoms with Gasteiger partial charge in [-0.25, -0.2) is 0 Å². The van der Waals surface area contributed by atoms with Crippen molar-refractivity contribution in [1.82, 2.24) is 9.88 Å². The van der Waals surface area contributed by atoms with Crippen LogP contribution >= 0.6 is 0 Å². The molecule has 1 atom stereocenters. The SMILES string of the molecule is O=C1CC(O)CCN1Cc1ccccn1. The molecule has 1 saturated heterocycles. The molecule has 1 N–H and O–H groups in total. The lowest BCUT2D eigenvalue weighted by Crippen LogP contribution is -2.40. The van der Waals surface area contributed by atoms with Crippen LogP contribution in [-0.2, 0) is 11.3 Å². The Kier molecular flexibility index (Phi) is 2.97. The predicted molar refractivity (Wildman–Crippen MR) is 54.9 cm³/mol. The lowest BCUT2D eigenvalue weighted by molar-refractivity contribution is -0.137. The van der Waals surface area contributed by atoms with Gasteiger partial charge in [0.05, 0.1) is 24.8 Å². The van der Waals surface area contributed by atoms with Crippen molar-refractivity contribution in [2.45, 2.75) is 25.5 Å². The normalized spacial score (nSPS) is 21.8. The molecule has 1 aliphatic heterocycles. The van der Waals surface area contributed by atoms with Crippen molar-refractivity contribution in [3.8, 4) is 0 Å². The topological polar surface area (TPSA) is 53.4 Å². The summed E-state index contributed by atoms with van der Waals surface area (Å²) in [6.45, 7) is 1.17. The maximum Gasteiger partial charge on any atom is 0.225 e. The van der Waals surface area contributed by atoms with Crippen LogP contribution in [-0.4, -0.2) is 33.5 Å². The molecule has 0 saturated carbocycles. The number of likely N-dealkylation sites (tertiary alicyclic amines) is 1. The quantitative estimate of drug-likeness (QED) is 0.769. The maximum atomic E-state index is 11.5. The minimum absolute atomic E-state index is 0.0133. The molecule has 0 aromatic carbocycles. The Morgan fingerprint density at radius 1 is 1.53 bits per heavy atom. The summed E-state index contributed by atoms with van der Waals surface area (Å²) in [5.41, 5.74) is 0.891. The van der Waals surface area contributed by atoms with Gasteiger partial charge in [0.15, 0.2) is 0 Å². The van der Waals surface area contributed by atoms with Crippen molar-refractivity contribution in [3.05, 3.63) is 30.1 Å². The molecule has 0 bridgehead atoms. The van der Waals surface area contributed by atoms with Crippen LogP contribution in [0.5, 0.6) is 0 Å². The van der Waals surface area contributed by atoms with E-state index in [0.717, 1.165) is 5.69 Å². The van der Waals surface area contributed by atoms with Crippen LogP contribution in [0.3, 0.4) is 0 Å². The molecule has 0 spiro atoms. The monoisotopic (exact) mass is 206 g/mol. The largest absolute Gasteiger partial charge is 0.393 e. The van der Waals surface area contributed by atoms with Gasteiger partial charge in [0, 0.05) is 12.7 Å². The van der Waals surface area contributed by atoms with Crippen molar-refractivity contribution in [3.63, 3.8) is 0 Å². The van der Waals surface area contributed by atoms with Crippen LogP contribution in [0, 0.1) is 0 Å². The van der Waals surface area contributed by atoms with Gasteiger partial charge in [0.2, 0.25) is 5.91 Å². The number of carbonyl (C=O) groups is 1. The third kappa shape index (κ3) is 2.53. The molecule has 15 heavy (non-hydrogen) atoms. The standard InChI is InChI=1S/C11H14N2O2/c14-10-4-6-13(11(15)7-10)8-9-3-1-2-5-12-9/h1-3,5,10,14H,4,6-8H2. The first-order valence-electron chi connectivity index (χ1n) is 5.11. The van der Waals surface area contributed by atoms with E-state index in [-0.39, 0.29) is 12.3 Å². The highest BCUT2D eigenvalue weighted by molar-refractivity contribution is 5.77. The highest BCUT2D eigenvalue weighted by atomic mass is 16.3. The van der Waals surface area contributed by atoms with Crippen LogP contribution in [0.2, 0.25) is 0 Å². The first-order chi connectivity index (χ1) is 7.25. The van der Waals surface area contributed by atoms with E-state index in [0.29, 0.717) is 19.5 Å². The summed E-state index contributed by atoms with van der Waals surface area (Å²) < 4.78 is 0. The first-order valence-corrected chi connectivity index (χ1v) is 5.11. The van der Waals surface area contributed by atoms with E-state index in [2.05, 4.69) is 4.98 Å². The lowest BCUT2D eigenvalue weighted by atomic mass is 10.1. The van der Waals surface area contributed by atoms with E-state index in [9.17, 15) is 9.90 Å². The number of hydrogen-bond donors (Lipinski definition) is 1. The molecule has 4 nitrogen and oxygen atoms in total. The van der Waals surface area contributed by atoms with Gasteiger partial charge in [0.1, 0.15) is 0 Å². The summed E-state index contributed by atoms with van der Waals surface area (Å²) in [5, 5.41) is 9.30. The number of aromatic nitrogens is 1.